The fourth-order valence-corrected chi connectivity index (χ4v) is 2.50. The van der Waals surface area contributed by atoms with Gasteiger partial charge in [0, 0.05) is 7.11 Å². The van der Waals surface area contributed by atoms with Gasteiger partial charge >= 0.3 is 0 Å². The Kier molecular flexibility index (Phi) is 4.56. The molecule has 1 N–H and O–H groups in total. The Morgan fingerprint density at radius 2 is 2.26 bits per heavy atom. The maximum atomic E-state index is 5.71. The van der Waals surface area contributed by atoms with Crippen molar-refractivity contribution in [3.8, 4) is 12.3 Å². The standard InChI is InChI=1S/C14H21N3O2/c1-4-9-15-10-12-16-13(17-19-12)14(18-3)7-5-11(2)6-8-14/h1,11,15H,5-10H2,2-3H3. The molecule has 1 aliphatic carbocycles. The third kappa shape index (κ3) is 3.14. The van der Waals surface area contributed by atoms with Crippen LogP contribution in [0.3, 0.4) is 0 Å². The van der Waals surface area contributed by atoms with Crippen LogP contribution in [0.2, 0.25) is 0 Å². The fraction of sp³-hybridized carbons (Fsp3) is 0.714. The fourth-order valence-electron chi connectivity index (χ4n) is 2.50. The number of hydrogen-bond acceptors (Lipinski definition) is 5. The van der Waals surface area contributed by atoms with Gasteiger partial charge in [-0.05, 0) is 31.6 Å². The summed E-state index contributed by atoms with van der Waals surface area (Å²) in [4.78, 5) is 4.44. The van der Waals surface area contributed by atoms with Crippen molar-refractivity contribution in [2.45, 2.75) is 44.8 Å². The van der Waals surface area contributed by atoms with Crippen molar-refractivity contribution in [3.63, 3.8) is 0 Å². The first-order valence-corrected chi connectivity index (χ1v) is 6.72. The van der Waals surface area contributed by atoms with Gasteiger partial charge in [0.1, 0.15) is 5.60 Å². The van der Waals surface area contributed by atoms with Gasteiger partial charge in [-0.1, -0.05) is 18.0 Å². The maximum absolute atomic E-state index is 5.71. The molecule has 0 aromatic carbocycles. The van der Waals surface area contributed by atoms with E-state index in [1.807, 2.05) is 0 Å². The highest BCUT2D eigenvalue weighted by atomic mass is 16.5. The van der Waals surface area contributed by atoms with Crippen molar-refractivity contribution in [2.24, 2.45) is 5.92 Å². The number of nitrogens with one attached hydrogen (secondary N) is 1. The summed E-state index contributed by atoms with van der Waals surface area (Å²) >= 11 is 0. The molecular weight excluding hydrogens is 242 g/mol. The van der Waals surface area contributed by atoms with Crippen molar-refractivity contribution in [3.05, 3.63) is 11.7 Å². The summed E-state index contributed by atoms with van der Waals surface area (Å²) in [5.41, 5.74) is -0.375. The second-order valence-corrected chi connectivity index (χ2v) is 5.20. The zero-order valence-corrected chi connectivity index (χ0v) is 11.6. The normalized spacial score (nSPS) is 27.1. The monoisotopic (exact) mass is 263 g/mol. The van der Waals surface area contributed by atoms with Crippen LogP contribution in [-0.2, 0) is 16.9 Å². The highest BCUT2D eigenvalue weighted by molar-refractivity contribution is 5.04. The van der Waals surface area contributed by atoms with Gasteiger partial charge in [-0.3, -0.25) is 5.32 Å². The van der Waals surface area contributed by atoms with E-state index in [4.69, 9.17) is 15.7 Å². The van der Waals surface area contributed by atoms with Crippen LogP contribution >= 0.6 is 0 Å². The van der Waals surface area contributed by atoms with Gasteiger partial charge in [0.2, 0.25) is 11.7 Å². The average molecular weight is 263 g/mol. The first kappa shape index (κ1) is 14.0. The van der Waals surface area contributed by atoms with Crippen LogP contribution in [0.5, 0.6) is 0 Å². The first-order valence-electron chi connectivity index (χ1n) is 6.72. The molecule has 19 heavy (non-hydrogen) atoms. The zero-order chi connectivity index (χ0) is 13.7. The van der Waals surface area contributed by atoms with Crippen molar-refractivity contribution in [1.82, 2.24) is 15.5 Å². The molecular formula is C14H21N3O2. The summed E-state index contributed by atoms with van der Waals surface area (Å²) in [5.74, 6) is 4.47. The van der Waals surface area contributed by atoms with E-state index >= 15 is 0 Å². The summed E-state index contributed by atoms with van der Waals surface area (Å²) in [6.45, 7) is 3.25. The van der Waals surface area contributed by atoms with Crippen LogP contribution < -0.4 is 5.32 Å². The van der Waals surface area contributed by atoms with Gasteiger partial charge in [-0.15, -0.1) is 6.42 Å². The Bertz CT molecular complexity index is 442. The van der Waals surface area contributed by atoms with Crippen LogP contribution in [0.25, 0.3) is 0 Å². The Morgan fingerprint density at radius 1 is 1.53 bits per heavy atom. The lowest BCUT2D eigenvalue weighted by Gasteiger charge is -2.35. The van der Waals surface area contributed by atoms with Crippen molar-refractivity contribution in [1.29, 1.82) is 0 Å². The second kappa shape index (κ2) is 6.18. The quantitative estimate of drug-likeness (QED) is 0.649. The molecule has 0 spiro atoms. The second-order valence-electron chi connectivity index (χ2n) is 5.20. The van der Waals surface area contributed by atoms with E-state index in [0.29, 0.717) is 24.8 Å². The van der Waals surface area contributed by atoms with Crippen molar-refractivity contribution in [2.75, 3.05) is 13.7 Å². The SMILES string of the molecule is C#CCNCc1nc(C2(OC)CCC(C)CC2)no1. The smallest absolute Gasteiger partial charge is 0.240 e. The van der Waals surface area contributed by atoms with E-state index in [2.05, 4.69) is 28.3 Å². The molecule has 0 unspecified atom stereocenters. The van der Waals surface area contributed by atoms with E-state index in [1.165, 1.54) is 0 Å². The highest BCUT2D eigenvalue weighted by Gasteiger charge is 2.40. The lowest BCUT2D eigenvalue weighted by Crippen LogP contribution is -2.34. The minimum Gasteiger partial charge on any atom is -0.370 e. The summed E-state index contributed by atoms with van der Waals surface area (Å²) in [7, 11) is 1.72. The summed E-state index contributed by atoms with van der Waals surface area (Å²) in [5, 5.41) is 7.12. The van der Waals surface area contributed by atoms with Gasteiger partial charge in [-0.2, -0.15) is 4.98 Å². The topological polar surface area (TPSA) is 60.2 Å². The molecule has 1 fully saturated rings. The van der Waals surface area contributed by atoms with E-state index in [1.54, 1.807) is 7.11 Å². The van der Waals surface area contributed by atoms with Crippen LogP contribution in [0.4, 0.5) is 0 Å². The predicted octanol–water partition coefficient (Wildman–Crippen LogP) is 1.84. The molecule has 104 valence electrons. The molecule has 1 saturated carbocycles. The predicted molar refractivity (Wildman–Crippen MR) is 71.2 cm³/mol. The molecule has 0 aliphatic heterocycles. The summed E-state index contributed by atoms with van der Waals surface area (Å²) < 4.78 is 11.0. The molecule has 0 radical (unpaired) electrons. The first-order chi connectivity index (χ1) is 9.20. The molecule has 0 saturated heterocycles. The van der Waals surface area contributed by atoms with Gasteiger partial charge < -0.3 is 9.26 Å². The average Bonchev–Trinajstić information content (AvgIpc) is 2.90. The van der Waals surface area contributed by atoms with Crippen molar-refractivity contribution >= 4 is 0 Å². The number of terminal acetylenes is 1. The van der Waals surface area contributed by atoms with Gasteiger partial charge in [0.05, 0.1) is 13.1 Å². The number of ether oxygens (including phenoxy) is 1. The molecule has 5 heteroatoms. The van der Waals surface area contributed by atoms with Gasteiger partial charge in [-0.25, -0.2) is 0 Å². The van der Waals surface area contributed by atoms with Crippen LogP contribution in [0.15, 0.2) is 4.52 Å². The largest absolute Gasteiger partial charge is 0.370 e. The highest BCUT2D eigenvalue weighted by Crippen LogP contribution is 2.40. The van der Waals surface area contributed by atoms with Crippen LogP contribution in [-0.4, -0.2) is 23.8 Å². The van der Waals surface area contributed by atoms with Crippen LogP contribution in [0, 0.1) is 18.3 Å². The minimum absolute atomic E-state index is 0.375. The summed E-state index contributed by atoms with van der Waals surface area (Å²) in [6.07, 6.45) is 9.33. The number of aromatic nitrogens is 2. The van der Waals surface area contributed by atoms with E-state index < -0.39 is 0 Å². The molecule has 2 rings (SSSR count). The molecule has 1 aromatic rings. The molecule has 5 nitrogen and oxygen atoms in total. The molecule has 0 bridgehead atoms. The Balaban J connectivity index is 2.05. The third-order valence-electron chi connectivity index (χ3n) is 3.85. The molecule has 1 aliphatic rings. The van der Waals surface area contributed by atoms with E-state index in [-0.39, 0.29) is 5.60 Å². The summed E-state index contributed by atoms with van der Waals surface area (Å²) in [6, 6.07) is 0. The molecule has 1 aromatic heterocycles. The number of methoxy groups -OCH3 is 1. The van der Waals surface area contributed by atoms with Crippen molar-refractivity contribution < 1.29 is 9.26 Å². The Hall–Kier alpha value is -1.38. The lowest BCUT2D eigenvalue weighted by atomic mass is 9.79. The van der Waals surface area contributed by atoms with Gasteiger partial charge in [0.15, 0.2) is 0 Å². The lowest BCUT2D eigenvalue weighted by molar-refractivity contribution is -0.0609. The number of hydrogen-bond donors (Lipinski definition) is 1. The molecule has 1 heterocycles. The number of nitrogens with zero attached hydrogens (tertiary/aromatic N) is 2. The van der Waals surface area contributed by atoms with Crippen LogP contribution in [0.1, 0.15) is 44.3 Å². The maximum Gasteiger partial charge on any atom is 0.240 e. The Labute approximate surface area is 114 Å². The minimum atomic E-state index is -0.375. The van der Waals surface area contributed by atoms with E-state index in [0.717, 1.165) is 31.6 Å². The zero-order valence-electron chi connectivity index (χ0n) is 11.6. The van der Waals surface area contributed by atoms with Gasteiger partial charge in [0.25, 0.3) is 0 Å². The number of rotatable bonds is 5. The molecule has 0 amide bonds. The Morgan fingerprint density at radius 3 is 2.89 bits per heavy atom. The van der Waals surface area contributed by atoms with E-state index in [9.17, 15) is 0 Å². The molecule has 0 atom stereocenters. The third-order valence-corrected chi connectivity index (χ3v) is 3.85.